The Hall–Kier alpha value is -1.35. The molecule has 0 saturated carbocycles. The van der Waals surface area contributed by atoms with Crippen LogP contribution < -0.4 is 0 Å². The average Bonchev–Trinajstić information content (AvgIpc) is 2.52. The molecular weight excluding hydrogens is 367 g/mol. The van der Waals surface area contributed by atoms with Gasteiger partial charge >= 0.3 is 0 Å². The van der Waals surface area contributed by atoms with Crippen molar-refractivity contribution in [3.05, 3.63) is 91.1 Å². The molecule has 0 amide bonds. The van der Waals surface area contributed by atoms with Crippen LogP contribution in [-0.2, 0) is 0 Å². The maximum absolute atomic E-state index is 3.73. The van der Waals surface area contributed by atoms with Crippen LogP contribution in [0.4, 0.5) is 0 Å². The molecule has 0 heterocycles. The molecule has 0 N–H and O–H groups in total. The fourth-order valence-corrected chi connectivity index (χ4v) is 2.14. The van der Waals surface area contributed by atoms with Crippen LogP contribution in [0.15, 0.2) is 80.0 Å². The summed E-state index contributed by atoms with van der Waals surface area (Å²) in [4.78, 5) is 0. The van der Waals surface area contributed by atoms with Crippen LogP contribution in [0.25, 0.3) is 3.58 Å². The minimum atomic E-state index is 1.16. The van der Waals surface area contributed by atoms with Crippen molar-refractivity contribution >= 4 is 26.2 Å². The summed E-state index contributed by atoms with van der Waals surface area (Å²) in [5.74, 6) is 0. The summed E-state index contributed by atoms with van der Waals surface area (Å²) < 4.78 is 1.23. The molecule has 0 aliphatic carbocycles. The molecule has 21 heavy (non-hydrogen) atoms. The number of rotatable bonds is 4. The molecule has 0 nitrogen and oxygen atoms in total. The topological polar surface area (TPSA) is 0 Å². The van der Waals surface area contributed by atoms with E-state index in [2.05, 4.69) is 85.7 Å². The van der Waals surface area contributed by atoms with Gasteiger partial charge in [0.2, 0.25) is 0 Å². The highest BCUT2D eigenvalue weighted by atomic mass is 127. The predicted octanol–water partition coefficient (Wildman–Crippen LogP) is 7.29. The van der Waals surface area contributed by atoms with Gasteiger partial charge in [-0.3, -0.25) is 0 Å². The van der Waals surface area contributed by atoms with Crippen molar-refractivity contribution in [2.75, 3.05) is 0 Å². The van der Waals surface area contributed by atoms with E-state index in [4.69, 9.17) is 0 Å². The first-order valence-corrected chi connectivity index (χ1v) is 8.15. The monoisotopic (exact) mass is 394 g/mol. The summed E-state index contributed by atoms with van der Waals surface area (Å²) >= 11 is 2.37. The molecule has 0 spiro atoms. The van der Waals surface area contributed by atoms with Crippen molar-refractivity contribution < 1.29 is 0 Å². The van der Waals surface area contributed by atoms with E-state index in [9.17, 15) is 0 Å². The third kappa shape index (κ3) is 10.1. The summed E-state index contributed by atoms with van der Waals surface area (Å²) in [5.41, 5.74) is 3.69. The quantitative estimate of drug-likeness (QED) is 0.286. The van der Waals surface area contributed by atoms with E-state index in [0.29, 0.717) is 0 Å². The molecule has 0 unspecified atom stereocenters. The highest BCUT2D eigenvalue weighted by Gasteiger charge is 1.97. The summed E-state index contributed by atoms with van der Waals surface area (Å²) in [7, 11) is 0. The fraction of sp³-hybridized carbons (Fsp3) is 0.200. The smallest absolute Gasteiger partial charge is 0.0208 e. The molecule has 1 heteroatoms. The molecule has 1 rings (SSSR count). The predicted molar refractivity (Wildman–Crippen MR) is 109 cm³/mol. The van der Waals surface area contributed by atoms with Crippen LogP contribution in [0.5, 0.6) is 0 Å². The number of hydrogen-bond acceptors (Lipinski definition) is 0. The Kier molecular flexibility index (Phi) is 15.7. The molecule has 1 aromatic rings. The normalized spacial score (nSPS) is 11.1. The van der Waals surface area contributed by atoms with E-state index in [-0.39, 0.29) is 0 Å². The largest absolute Gasteiger partial charge is 0.106 e. The van der Waals surface area contributed by atoms with Gasteiger partial charge in [0.15, 0.2) is 0 Å². The minimum Gasteiger partial charge on any atom is -0.106 e. The first kappa shape index (κ1) is 21.9. The maximum Gasteiger partial charge on any atom is 0.0208 e. The highest BCUT2D eigenvalue weighted by Crippen LogP contribution is 2.24. The Morgan fingerprint density at radius 1 is 1.10 bits per heavy atom. The van der Waals surface area contributed by atoms with Crippen LogP contribution >= 0.6 is 22.6 Å². The minimum absolute atomic E-state index is 1.16. The number of hydrogen-bond donors (Lipinski definition) is 0. The van der Waals surface area contributed by atoms with Crippen molar-refractivity contribution in [2.24, 2.45) is 0 Å². The summed E-state index contributed by atoms with van der Waals surface area (Å²) in [6, 6.07) is 8.56. The third-order valence-electron chi connectivity index (χ3n) is 2.29. The van der Waals surface area contributed by atoms with E-state index in [0.717, 1.165) is 5.57 Å². The van der Waals surface area contributed by atoms with Gasteiger partial charge in [0.25, 0.3) is 0 Å². The van der Waals surface area contributed by atoms with Crippen LogP contribution in [-0.4, -0.2) is 0 Å². The van der Waals surface area contributed by atoms with Gasteiger partial charge in [0.1, 0.15) is 0 Å². The molecule has 1 aromatic carbocycles. The molecule has 0 aromatic heterocycles. The Bertz CT molecular complexity index is 473. The van der Waals surface area contributed by atoms with E-state index in [1.54, 1.807) is 0 Å². The Balaban J connectivity index is 0. The standard InChI is InChI=1S/C16H17I.C2H6.C2H4/c1-4-6-14(7-5-2)12-16(17)15-10-8-13(3)9-11-15;2*1-2/h4-12H,1H2,2-3H3;1-2H3;1-2H2/b7-5-,14-6+,16-12-;;. The van der Waals surface area contributed by atoms with Crippen LogP contribution in [0.2, 0.25) is 0 Å². The van der Waals surface area contributed by atoms with Crippen molar-refractivity contribution in [1.29, 1.82) is 0 Å². The second-order valence-electron chi connectivity index (χ2n) is 3.76. The van der Waals surface area contributed by atoms with Gasteiger partial charge in [-0.1, -0.05) is 74.6 Å². The first-order valence-electron chi connectivity index (χ1n) is 7.07. The highest BCUT2D eigenvalue weighted by molar-refractivity contribution is 14.1. The molecule has 114 valence electrons. The molecular formula is C20H27I. The molecule has 0 fully saturated rings. The van der Waals surface area contributed by atoms with Gasteiger partial charge in [-0.25, -0.2) is 0 Å². The van der Waals surface area contributed by atoms with Crippen LogP contribution in [0.1, 0.15) is 31.9 Å². The van der Waals surface area contributed by atoms with E-state index in [1.165, 1.54) is 14.7 Å². The maximum atomic E-state index is 3.73. The zero-order valence-electron chi connectivity index (χ0n) is 13.7. The molecule has 0 radical (unpaired) electrons. The molecule has 0 aliphatic heterocycles. The zero-order valence-corrected chi connectivity index (χ0v) is 15.9. The number of aryl methyl sites for hydroxylation is 1. The third-order valence-corrected chi connectivity index (χ3v) is 3.22. The van der Waals surface area contributed by atoms with Crippen molar-refractivity contribution in [1.82, 2.24) is 0 Å². The van der Waals surface area contributed by atoms with E-state index >= 15 is 0 Å². The first-order chi connectivity index (χ1) is 10.2. The number of halogens is 1. The summed E-state index contributed by atoms with van der Waals surface area (Å²) in [6.45, 7) is 17.9. The van der Waals surface area contributed by atoms with Crippen molar-refractivity contribution in [3.63, 3.8) is 0 Å². The lowest BCUT2D eigenvalue weighted by Crippen LogP contribution is -1.79. The molecule has 0 atom stereocenters. The summed E-state index contributed by atoms with van der Waals surface area (Å²) in [6.07, 6.45) is 10.1. The van der Waals surface area contributed by atoms with Crippen molar-refractivity contribution in [2.45, 2.75) is 27.7 Å². The second kappa shape index (κ2) is 15.0. The van der Waals surface area contributed by atoms with E-state index < -0.39 is 0 Å². The number of benzene rings is 1. The average molecular weight is 394 g/mol. The van der Waals surface area contributed by atoms with Gasteiger partial charge in [-0.2, -0.15) is 0 Å². The van der Waals surface area contributed by atoms with Crippen LogP contribution in [0, 0.1) is 6.92 Å². The fourth-order valence-electron chi connectivity index (χ4n) is 1.42. The second-order valence-corrected chi connectivity index (χ2v) is 4.92. The lowest BCUT2D eigenvalue weighted by molar-refractivity contribution is 1.46. The summed E-state index contributed by atoms with van der Waals surface area (Å²) in [5, 5.41) is 0. The Morgan fingerprint density at radius 2 is 1.62 bits per heavy atom. The Morgan fingerprint density at radius 3 is 2.05 bits per heavy atom. The van der Waals surface area contributed by atoms with Gasteiger partial charge < -0.3 is 0 Å². The van der Waals surface area contributed by atoms with Gasteiger partial charge in [0, 0.05) is 3.58 Å². The SMILES string of the molecule is C=C.C=C/C=C(\C=C/C)/C=C(\I)c1ccc(C)cc1.CC. The van der Waals surface area contributed by atoms with Crippen LogP contribution in [0.3, 0.4) is 0 Å². The zero-order chi connectivity index (χ0) is 16.7. The van der Waals surface area contributed by atoms with E-state index in [1.807, 2.05) is 39.0 Å². The molecule has 0 bridgehead atoms. The van der Waals surface area contributed by atoms with Gasteiger partial charge in [-0.05, 0) is 53.7 Å². The molecule has 0 saturated heterocycles. The molecule has 0 aliphatic rings. The lowest BCUT2D eigenvalue weighted by Gasteiger charge is -2.01. The van der Waals surface area contributed by atoms with Crippen molar-refractivity contribution in [3.8, 4) is 0 Å². The Labute approximate surface area is 144 Å². The number of allylic oxidation sites excluding steroid dienone is 6. The van der Waals surface area contributed by atoms with Gasteiger partial charge in [0.05, 0.1) is 0 Å². The lowest BCUT2D eigenvalue weighted by atomic mass is 10.1. The van der Waals surface area contributed by atoms with Gasteiger partial charge in [-0.15, -0.1) is 13.2 Å².